The summed E-state index contributed by atoms with van der Waals surface area (Å²) in [5, 5.41) is 0. The van der Waals surface area contributed by atoms with Crippen molar-refractivity contribution in [3.8, 4) is 28.0 Å². The molecule has 4 heteroatoms. The molecule has 0 heterocycles. The highest BCUT2D eigenvalue weighted by Gasteiger charge is 2.18. The van der Waals surface area contributed by atoms with Gasteiger partial charge in [0.2, 0.25) is 0 Å². The highest BCUT2D eigenvalue weighted by molar-refractivity contribution is 7.39. The molecule has 0 unspecified atom stereocenters. The van der Waals surface area contributed by atoms with Crippen LogP contribution >= 0.6 is 8.60 Å². The lowest BCUT2D eigenvalue weighted by atomic mass is 9.90. The SMILES string of the molecule is Cc1ccccc1-c1cccc(OP(O)O)c1-c1ccccc1C. The molecule has 0 aromatic heterocycles. The zero-order valence-electron chi connectivity index (χ0n) is 13.6. The molecule has 3 rings (SSSR count). The van der Waals surface area contributed by atoms with Crippen LogP contribution in [0.3, 0.4) is 0 Å². The van der Waals surface area contributed by atoms with Gasteiger partial charge in [-0.1, -0.05) is 60.7 Å². The third-order valence-corrected chi connectivity index (χ3v) is 4.42. The number of hydrogen-bond acceptors (Lipinski definition) is 3. The fraction of sp³-hybridized carbons (Fsp3) is 0.100. The molecule has 0 radical (unpaired) electrons. The second-order valence-corrected chi connectivity index (χ2v) is 6.34. The van der Waals surface area contributed by atoms with Crippen molar-refractivity contribution < 1.29 is 14.3 Å². The van der Waals surface area contributed by atoms with E-state index >= 15 is 0 Å². The third-order valence-electron chi connectivity index (χ3n) is 4.06. The van der Waals surface area contributed by atoms with Gasteiger partial charge in [0, 0.05) is 5.56 Å². The van der Waals surface area contributed by atoms with Crippen LogP contribution in [0.15, 0.2) is 66.7 Å². The van der Waals surface area contributed by atoms with Gasteiger partial charge in [0.25, 0.3) is 0 Å². The van der Waals surface area contributed by atoms with Gasteiger partial charge in [-0.25, -0.2) is 0 Å². The average molecular weight is 338 g/mol. The summed E-state index contributed by atoms with van der Waals surface area (Å²) in [6.45, 7) is 4.10. The van der Waals surface area contributed by atoms with Crippen LogP contribution < -0.4 is 4.52 Å². The Kier molecular flexibility index (Phi) is 4.96. The lowest BCUT2D eigenvalue weighted by molar-refractivity contribution is 0.375. The molecule has 0 saturated heterocycles. The summed E-state index contributed by atoms with van der Waals surface area (Å²) in [5.41, 5.74) is 6.25. The van der Waals surface area contributed by atoms with Crippen molar-refractivity contribution in [3.05, 3.63) is 77.9 Å². The highest BCUT2D eigenvalue weighted by atomic mass is 31.2. The highest BCUT2D eigenvalue weighted by Crippen LogP contribution is 2.44. The first-order valence-electron chi connectivity index (χ1n) is 7.69. The van der Waals surface area contributed by atoms with E-state index in [-0.39, 0.29) is 0 Å². The van der Waals surface area contributed by atoms with Crippen molar-refractivity contribution in [2.45, 2.75) is 13.8 Å². The lowest BCUT2D eigenvalue weighted by Gasteiger charge is -2.18. The average Bonchev–Trinajstić information content (AvgIpc) is 2.55. The molecule has 3 nitrogen and oxygen atoms in total. The van der Waals surface area contributed by atoms with Gasteiger partial charge in [-0.3, -0.25) is 0 Å². The molecule has 2 N–H and O–H groups in total. The molecule has 0 aliphatic heterocycles. The van der Waals surface area contributed by atoms with Gasteiger partial charge < -0.3 is 14.3 Å². The van der Waals surface area contributed by atoms with Crippen LogP contribution in [-0.2, 0) is 0 Å². The number of benzene rings is 3. The fourth-order valence-corrected chi connectivity index (χ4v) is 3.25. The van der Waals surface area contributed by atoms with Crippen molar-refractivity contribution in [1.82, 2.24) is 0 Å². The minimum Gasteiger partial charge on any atom is -0.426 e. The van der Waals surface area contributed by atoms with Crippen LogP contribution in [0.1, 0.15) is 11.1 Å². The minimum atomic E-state index is -2.48. The van der Waals surface area contributed by atoms with Crippen LogP contribution in [0, 0.1) is 13.8 Å². The Morgan fingerprint density at radius 2 is 1.21 bits per heavy atom. The number of rotatable bonds is 4. The van der Waals surface area contributed by atoms with Crippen LogP contribution in [0.25, 0.3) is 22.3 Å². The minimum absolute atomic E-state index is 0.473. The second-order valence-electron chi connectivity index (χ2n) is 5.65. The Bertz CT molecular complexity index is 859. The third kappa shape index (κ3) is 3.34. The van der Waals surface area contributed by atoms with E-state index in [0.29, 0.717) is 5.75 Å². The van der Waals surface area contributed by atoms with E-state index in [1.165, 1.54) is 0 Å². The Balaban J connectivity index is 2.31. The van der Waals surface area contributed by atoms with Crippen molar-refractivity contribution >= 4 is 8.60 Å². The largest absolute Gasteiger partial charge is 0.426 e. The maximum absolute atomic E-state index is 9.36. The lowest BCUT2D eigenvalue weighted by Crippen LogP contribution is -1.95. The molecule has 0 spiro atoms. The van der Waals surface area contributed by atoms with Crippen molar-refractivity contribution in [3.63, 3.8) is 0 Å². The molecular weight excluding hydrogens is 319 g/mol. The van der Waals surface area contributed by atoms with Crippen molar-refractivity contribution in [2.75, 3.05) is 0 Å². The molecule has 0 bridgehead atoms. The van der Waals surface area contributed by atoms with E-state index in [2.05, 4.69) is 19.1 Å². The molecule has 0 atom stereocenters. The molecule has 24 heavy (non-hydrogen) atoms. The molecule has 3 aromatic carbocycles. The van der Waals surface area contributed by atoms with Gasteiger partial charge in [-0.15, -0.1) is 0 Å². The molecule has 0 fully saturated rings. The van der Waals surface area contributed by atoms with Gasteiger partial charge in [-0.2, -0.15) is 0 Å². The summed E-state index contributed by atoms with van der Waals surface area (Å²) in [6, 6.07) is 21.8. The molecule has 0 aliphatic carbocycles. The molecular formula is C20H19O3P. The van der Waals surface area contributed by atoms with Crippen LogP contribution in [-0.4, -0.2) is 9.79 Å². The predicted molar refractivity (Wildman–Crippen MR) is 98.8 cm³/mol. The normalized spacial score (nSPS) is 10.9. The van der Waals surface area contributed by atoms with E-state index in [1.54, 1.807) is 6.07 Å². The van der Waals surface area contributed by atoms with Crippen LogP contribution in [0.4, 0.5) is 0 Å². The van der Waals surface area contributed by atoms with Gasteiger partial charge in [0.15, 0.2) is 0 Å². The summed E-state index contributed by atoms with van der Waals surface area (Å²) in [4.78, 5) is 18.7. The van der Waals surface area contributed by atoms with Crippen LogP contribution in [0.2, 0.25) is 0 Å². The molecule has 3 aromatic rings. The summed E-state index contributed by atoms with van der Waals surface area (Å²) >= 11 is 0. The Hall–Kier alpha value is -2.19. The Labute approximate surface area is 143 Å². The smallest absolute Gasteiger partial charge is 0.391 e. The Morgan fingerprint density at radius 3 is 1.79 bits per heavy atom. The zero-order chi connectivity index (χ0) is 17.1. The van der Waals surface area contributed by atoms with Gasteiger partial charge in [-0.05, 0) is 47.7 Å². The summed E-state index contributed by atoms with van der Waals surface area (Å²) in [6.07, 6.45) is 0. The van der Waals surface area contributed by atoms with Gasteiger partial charge in [0.1, 0.15) is 5.75 Å². The quantitative estimate of drug-likeness (QED) is 0.641. The first-order chi connectivity index (χ1) is 11.6. The van der Waals surface area contributed by atoms with Crippen molar-refractivity contribution in [1.29, 1.82) is 0 Å². The Morgan fingerprint density at radius 1 is 0.667 bits per heavy atom. The number of hydrogen-bond donors (Lipinski definition) is 2. The summed E-state index contributed by atoms with van der Waals surface area (Å²) < 4.78 is 5.33. The molecule has 0 amide bonds. The van der Waals surface area contributed by atoms with E-state index in [0.717, 1.165) is 33.4 Å². The summed E-state index contributed by atoms with van der Waals surface area (Å²) in [7, 11) is -2.48. The first kappa shape index (κ1) is 16.7. The standard InChI is InChI=1S/C20H19O3P/c1-14-8-3-5-10-16(14)18-12-7-13-19(23-24(21)22)20(18)17-11-6-4-9-15(17)2/h3-13,21-22H,1-2H3. The first-order valence-corrected chi connectivity index (χ1v) is 8.85. The van der Waals surface area contributed by atoms with Crippen molar-refractivity contribution in [2.24, 2.45) is 0 Å². The van der Waals surface area contributed by atoms with E-state index in [4.69, 9.17) is 4.52 Å². The zero-order valence-corrected chi connectivity index (χ0v) is 14.5. The van der Waals surface area contributed by atoms with E-state index in [1.807, 2.05) is 55.5 Å². The van der Waals surface area contributed by atoms with Gasteiger partial charge >= 0.3 is 8.60 Å². The monoisotopic (exact) mass is 338 g/mol. The van der Waals surface area contributed by atoms with Gasteiger partial charge in [0.05, 0.1) is 0 Å². The van der Waals surface area contributed by atoms with E-state index < -0.39 is 8.60 Å². The topological polar surface area (TPSA) is 49.7 Å². The second kappa shape index (κ2) is 7.14. The maximum Gasteiger partial charge on any atom is 0.391 e. The van der Waals surface area contributed by atoms with E-state index in [9.17, 15) is 9.79 Å². The number of aryl methyl sites for hydroxylation is 2. The maximum atomic E-state index is 9.36. The molecule has 122 valence electrons. The fourth-order valence-electron chi connectivity index (χ4n) is 2.93. The summed E-state index contributed by atoms with van der Waals surface area (Å²) in [5.74, 6) is 0.473. The predicted octanol–water partition coefficient (Wildman–Crippen LogP) is 5.23. The molecule has 0 aliphatic rings. The molecule has 0 saturated carbocycles. The van der Waals surface area contributed by atoms with Crippen LogP contribution in [0.5, 0.6) is 5.75 Å².